The van der Waals surface area contributed by atoms with Gasteiger partial charge in [0.25, 0.3) is 5.91 Å². The summed E-state index contributed by atoms with van der Waals surface area (Å²) in [5.41, 5.74) is 7.69. The van der Waals surface area contributed by atoms with Crippen LogP contribution < -0.4 is 21.3 Å². The van der Waals surface area contributed by atoms with E-state index >= 15 is 0 Å². The average molecular weight is 290 g/mol. The molecule has 0 aromatic heterocycles. The predicted molar refractivity (Wildman–Crippen MR) is 82.4 cm³/mol. The molecule has 1 aliphatic heterocycles. The van der Waals surface area contributed by atoms with E-state index in [-0.39, 0.29) is 11.9 Å². The van der Waals surface area contributed by atoms with Crippen LogP contribution in [0, 0.1) is 6.92 Å². The highest BCUT2D eigenvalue weighted by Crippen LogP contribution is 2.25. The van der Waals surface area contributed by atoms with Crippen molar-refractivity contribution in [1.29, 1.82) is 0 Å². The van der Waals surface area contributed by atoms with Crippen LogP contribution in [0.4, 0.5) is 5.69 Å². The van der Waals surface area contributed by atoms with E-state index < -0.39 is 5.91 Å². The van der Waals surface area contributed by atoms with Crippen LogP contribution in [0.15, 0.2) is 18.2 Å². The predicted octanol–water partition coefficient (Wildman–Crippen LogP) is 0.00822. The van der Waals surface area contributed by atoms with Gasteiger partial charge in [-0.3, -0.25) is 9.59 Å². The molecule has 0 radical (unpaired) electrons. The topological polar surface area (TPSA) is 87.5 Å². The normalized spacial score (nSPS) is 18.4. The molecule has 1 fully saturated rings. The number of carbonyl (C=O) groups is 2. The van der Waals surface area contributed by atoms with E-state index in [1.807, 2.05) is 30.9 Å². The highest BCUT2D eigenvalue weighted by atomic mass is 16.2. The number of primary amides is 1. The maximum absolute atomic E-state index is 12.2. The lowest BCUT2D eigenvalue weighted by molar-refractivity contribution is -0.122. The molecule has 0 aliphatic carbocycles. The first-order valence-corrected chi connectivity index (χ1v) is 7.20. The Morgan fingerprint density at radius 1 is 1.48 bits per heavy atom. The zero-order valence-corrected chi connectivity index (χ0v) is 12.5. The van der Waals surface area contributed by atoms with Crippen molar-refractivity contribution in [3.8, 4) is 0 Å². The molecule has 114 valence electrons. The molecule has 0 saturated carbocycles. The Morgan fingerprint density at radius 3 is 2.90 bits per heavy atom. The van der Waals surface area contributed by atoms with E-state index in [9.17, 15) is 9.59 Å². The summed E-state index contributed by atoms with van der Waals surface area (Å²) in [4.78, 5) is 25.9. The molecule has 1 atom stereocenters. The van der Waals surface area contributed by atoms with Crippen LogP contribution in [0.25, 0.3) is 0 Å². The fourth-order valence-electron chi connectivity index (χ4n) is 2.61. The zero-order chi connectivity index (χ0) is 15.4. The molecule has 1 aliphatic rings. The fourth-order valence-corrected chi connectivity index (χ4v) is 2.61. The van der Waals surface area contributed by atoms with Gasteiger partial charge in [0.2, 0.25) is 5.91 Å². The molecular weight excluding hydrogens is 268 g/mol. The second kappa shape index (κ2) is 6.58. The molecule has 1 unspecified atom stereocenters. The number of likely N-dealkylation sites (N-methyl/N-ethyl adjacent to an activating group) is 1. The van der Waals surface area contributed by atoms with Crippen molar-refractivity contribution in [2.75, 3.05) is 31.1 Å². The number of anilines is 1. The maximum Gasteiger partial charge on any atom is 0.250 e. The quantitative estimate of drug-likeness (QED) is 0.729. The van der Waals surface area contributed by atoms with Gasteiger partial charge in [-0.05, 0) is 31.5 Å². The molecule has 2 amide bonds. The number of hydrogen-bond acceptors (Lipinski definition) is 4. The summed E-state index contributed by atoms with van der Waals surface area (Å²) < 4.78 is 0. The molecule has 1 saturated heterocycles. The van der Waals surface area contributed by atoms with Crippen molar-refractivity contribution >= 4 is 17.5 Å². The maximum atomic E-state index is 12.2. The smallest absolute Gasteiger partial charge is 0.250 e. The van der Waals surface area contributed by atoms with E-state index in [0.29, 0.717) is 25.2 Å². The number of amides is 2. The summed E-state index contributed by atoms with van der Waals surface area (Å²) in [5, 5.41) is 6.06. The minimum Gasteiger partial charge on any atom is -0.366 e. The number of carbonyl (C=O) groups excluding carboxylic acids is 2. The number of rotatable bonds is 4. The van der Waals surface area contributed by atoms with Gasteiger partial charge in [-0.2, -0.15) is 0 Å². The van der Waals surface area contributed by atoms with Crippen molar-refractivity contribution in [2.45, 2.75) is 19.9 Å². The molecule has 1 aromatic rings. The molecule has 4 N–H and O–H groups in total. The molecule has 6 heteroatoms. The molecule has 6 nitrogen and oxygen atoms in total. The summed E-state index contributed by atoms with van der Waals surface area (Å²) in [6.45, 7) is 6.41. The van der Waals surface area contributed by atoms with Gasteiger partial charge in [0.15, 0.2) is 0 Å². The standard InChI is InChI=1S/C15H22N4O2/c1-3-18-15(21)13-9-17-6-7-19(13)12-8-10(2)4-5-11(12)14(16)20/h4-5,8,13,17H,3,6-7,9H2,1-2H3,(H2,16,20)(H,18,21). The monoisotopic (exact) mass is 290 g/mol. The van der Waals surface area contributed by atoms with Crippen LogP contribution in [0.2, 0.25) is 0 Å². The minimum absolute atomic E-state index is 0.0402. The summed E-state index contributed by atoms with van der Waals surface area (Å²) >= 11 is 0. The Morgan fingerprint density at radius 2 is 2.24 bits per heavy atom. The van der Waals surface area contributed by atoms with E-state index in [1.54, 1.807) is 6.07 Å². The summed E-state index contributed by atoms with van der Waals surface area (Å²) in [7, 11) is 0. The van der Waals surface area contributed by atoms with Crippen LogP contribution >= 0.6 is 0 Å². The molecule has 2 rings (SSSR count). The zero-order valence-electron chi connectivity index (χ0n) is 12.5. The molecule has 21 heavy (non-hydrogen) atoms. The second-order valence-corrected chi connectivity index (χ2v) is 5.19. The van der Waals surface area contributed by atoms with E-state index in [2.05, 4.69) is 10.6 Å². The van der Waals surface area contributed by atoms with Gasteiger partial charge in [-0.1, -0.05) is 6.07 Å². The molecule has 0 spiro atoms. The van der Waals surface area contributed by atoms with Gasteiger partial charge in [0.05, 0.1) is 11.3 Å². The average Bonchev–Trinajstić information content (AvgIpc) is 2.47. The third kappa shape index (κ3) is 3.33. The van der Waals surface area contributed by atoms with Gasteiger partial charge in [0.1, 0.15) is 6.04 Å². The van der Waals surface area contributed by atoms with Gasteiger partial charge in [-0.15, -0.1) is 0 Å². The fraction of sp³-hybridized carbons (Fsp3) is 0.467. The second-order valence-electron chi connectivity index (χ2n) is 5.19. The van der Waals surface area contributed by atoms with Crippen LogP contribution in [-0.4, -0.2) is 44.0 Å². The van der Waals surface area contributed by atoms with E-state index in [0.717, 1.165) is 17.8 Å². The first-order valence-electron chi connectivity index (χ1n) is 7.20. The Kier molecular flexibility index (Phi) is 4.80. The number of nitrogens with two attached hydrogens (primary N) is 1. The van der Waals surface area contributed by atoms with Gasteiger partial charge < -0.3 is 21.3 Å². The molecular formula is C15H22N4O2. The number of benzene rings is 1. The summed E-state index contributed by atoms with van der Waals surface area (Å²) in [6.07, 6.45) is 0. The first kappa shape index (κ1) is 15.3. The van der Waals surface area contributed by atoms with Crippen LogP contribution in [0.1, 0.15) is 22.8 Å². The van der Waals surface area contributed by atoms with Crippen LogP contribution in [-0.2, 0) is 4.79 Å². The minimum atomic E-state index is -0.474. The number of nitrogens with zero attached hydrogens (tertiary/aromatic N) is 1. The summed E-state index contributed by atoms with van der Waals surface area (Å²) in [5.74, 6) is -0.514. The third-order valence-electron chi connectivity index (χ3n) is 3.63. The highest BCUT2D eigenvalue weighted by molar-refractivity contribution is 6.00. The number of hydrogen-bond donors (Lipinski definition) is 3. The Hall–Kier alpha value is -2.08. The number of aryl methyl sites for hydroxylation is 1. The van der Waals surface area contributed by atoms with Crippen molar-refractivity contribution in [1.82, 2.24) is 10.6 Å². The lowest BCUT2D eigenvalue weighted by Crippen LogP contribution is -2.58. The van der Waals surface area contributed by atoms with E-state index in [4.69, 9.17) is 5.73 Å². The SMILES string of the molecule is CCNC(=O)C1CNCCN1c1cc(C)ccc1C(N)=O. The largest absolute Gasteiger partial charge is 0.366 e. The van der Waals surface area contributed by atoms with Crippen LogP contribution in [0.5, 0.6) is 0 Å². The Labute approximate surface area is 124 Å². The Balaban J connectivity index is 2.39. The van der Waals surface area contributed by atoms with Gasteiger partial charge in [-0.25, -0.2) is 0 Å². The summed E-state index contributed by atoms with van der Waals surface area (Å²) in [6, 6.07) is 5.16. The molecule has 1 aromatic carbocycles. The first-order chi connectivity index (χ1) is 10.0. The van der Waals surface area contributed by atoms with E-state index in [1.165, 1.54) is 0 Å². The van der Waals surface area contributed by atoms with Gasteiger partial charge in [0, 0.05) is 26.2 Å². The van der Waals surface area contributed by atoms with Crippen molar-refractivity contribution in [3.05, 3.63) is 29.3 Å². The van der Waals surface area contributed by atoms with Crippen molar-refractivity contribution in [3.63, 3.8) is 0 Å². The van der Waals surface area contributed by atoms with Gasteiger partial charge >= 0.3 is 0 Å². The Bertz CT molecular complexity index is 544. The van der Waals surface area contributed by atoms with Crippen molar-refractivity contribution in [2.24, 2.45) is 5.73 Å². The lowest BCUT2D eigenvalue weighted by Gasteiger charge is -2.37. The molecule has 0 bridgehead atoms. The van der Waals surface area contributed by atoms with Crippen molar-refractivity contribution < 1.29 is 9.59 Å². The molecule has 1 heterocycles. The third-order valence-corrected chi connectivity index (χ3v) is 3.63. The van der Waals surface area contributed by atoms with Crippen LogP contribution in [0.3, 0.4) is 0 Å². The lowest BCUT2D eigenvalue weighted by atomic mass is 10.0. The number of nitrogens with one attached hydrogen (secondary N) is 2. The highest BCUT2D eigenvalue weighted by Gasteiger charge is 2.30. The number of piperazine rings is 1.